The lowest BCUT2D eigenvalue weighted by Crippen LogP contribution is -1.94. The largest absolute Gasteiger partial charge is 0.465 e. The van der Waals surface area contributed by atoms with Crippen molar-refractivity contribution >= 4 is 11.9 Å². The molecule has 16 heavy (non-hydrogen) atoms. The van der Waals surface area contributed by atoms with E-state index in [4.69, 9.17) is 4.42 Å². The van der Waals surface area contributed by atoms with E-state index in [1.54, 1.807) is 6.26 Å². The normalized spacial score (nSPS) is 16.8. The summed E-state index contributed by atoms with van der Waals surface area (Å²) >= 11 is 0. The second-order valence-electron chi connectivity index (χ2n) is 3.85. The maximum atomic E-state index is 12.0. The average molecular weight is 210 g/mol. The Morgan fingerprint density at radius 3 is 2.75 bits per heavy atom. The van der Waals surface area contributed by atoms with Gasteiger partial charge in [0.1, 0.15) is 5.76 Å². The fourth-order valence-corrected chi connectivity index (χ4v) is 2.02. The molecule has 1 aliphatic carbocycles. The van der Waals surface area contributed by atoms with Gasteiger partial charge in [0.15, 0.2) is 5.78 Å². The van der Waals surface area contributed by atoms with Gasteiger partial charge in [-0.25, -0.2) is 0 Å². The van der Waals surface area contributed by atoms with Crippen LogP contribution in [0.25, 0.3) is 6.08 Å². The number of furan rings is 1. The summed E-state index contributed by atoms with van der Waals surface area (Å²) in [6.07, 6.45) is 4.14. The number of ketones is 1. The first-order valence-electron chi connectivity index (χ1n) is 5.21. The molecular weight excluding hydrogens is 200 g/mol. The van der Waals surface area contributed by atoms with Crippen molar-refractivity contribution < 1.29 is 9.21 Å². The van der Waals surface area contributed by atoms with Gasteiger partial charge in [-0.1, -0.05) is 24.3 Å². The molecule has 0 amide bonds. The van der Waals surface area contributed by atoms with Gasteiger partial charge in [-0.2, -0.15) is 0 Å². The fraction of sp³-hybridized carbons (Fsp3) is 0.0714. The molecule has 0 saturated heterocycles. The molecule has 1 aliphatic rings. The Hall–Kier alpha value is -2.09. The summed E-state index contributed by atoms with van der Waals surface area (Å²) in [5, 5.41) is 0. The predicted octanol–water partition coefficient (Wildman–Crippen LogP) is 3.10. The van der Waals surface area contributed by atoms with E-state index in [2.05, 4.69) is 0 Å². The van der Waals surface area contributed by atoms with Crippen LogP contribution in [0.1, 0.15) is 21.7 Å². The zero-order valence-corrected chi connectivity index (χ0v) is 8.64. The summed E-state index contributed by atoms with van der Waals surface area (Å²) in [4.78, 5) is 12.0. The van der Waals surface area contributed by atoms with Gasteiger partial charge in [-0.3, -0.25) is 4.79 Å². The monoisotopic (exact) mass is 210 g/mol. The van der Waals surface area contributed by atoms with Crippen molar-refractivity contribution in [1.29, 1.82) is 0 Å². The van der Waals surface area contributed by atoms with Crippen LogP contribution >= 0.6 is 0 Å². The molecule has 3 rings (SSSR count). The molecule has 0 N–H and O–H groups in total. The van der Waals surface area contributed by atoms with Crippen molar-refractivity contribution in [3.8, 4) is 0 Å². The lowest BCUT2D eigenvalue weighted by Gasteiger charge is -1.92. The fourth-order valence-electron chi connectivity index (χ4n) is 2.02. The van der Waals surface area contributed by atoms with Crippen LogP contribution in [0.3, 0.4) is 0 Å². The molecule has 2 aromatic rings. The summed E-state index contributed by atoms with van der Waals surface area (Å²) in [5.74, 6) is 0.850. The lowest BCUT2D eigenvalue weighted by molar-refractivity contribution is 0.104. The summed E-state index contributed by atoms with van der Waals surface area (Å²) in [5.41, 5.74) is 2.72. The Morgan fingerprint density at radius 1 is 1.12 bits per heavy atom. The van der Waals surface area contributed by atoms with E-state index in [9.17, 15) is 4.79 Å². The van der Waals surface area contributed by atoms with Crippen LogP contribution in [0, 0.1) is 0 Å². The van der Waals surface area contributed by atoms with E-state index in [1.807, 2.05) is 42.5 Å². The summed E-state index contributed by atoms with van der Waals surface area (Å²) in [6.45, 7) is 0. The van der Waals surface area contributed by atoms with Crippen LogP contribution in [-0.4, -0.2) is 5.78 Å². The molecule has 0 aliphatic heterocycles. The Bertz CT molecular complexity index is 562. The SMILES string of the molecule is O=C1/C(=C/c2ccco2)Cc2ccccc21. The number of hydrogen-bond donors (Lipinski definition) is 0. The molecule has 1 heterocycles. The van der Waals surface area contributed by atoms with Crippen LogP contribution in [0.5, 0.6) is 0 Å². The summed E-state index contributed by atoms with van der Waals surface area (Å²) in [6, 6.07) is 11.4. The highest BCUT2D eigenvalue weighted by atomic mass is 16.3. The van der Waals surface area contributed by atoms with E-state index < -0.39 is 0 Å². The highest BCUT2D eigenvalue weighted by Crippen LogP contribution is 2.27. The van der Waals surface area contributed by atoms with E-state index in [0.717, 1.165) is 22.5 Å². The van der Waals surface area contributed by atoms with Crippen molar-refractivity contribution in [3.05, 3.63) is 65.1 Å². The van der Waals surface area contributed by atoms with Crippen molar-refractivity contribution in [2.24, 2.45) is 0 Å². The molecule has 0 bridgehead atoms. The number of benzene rings is 1. The van der Waals surface area contributed by atoms with Crippen LogP contribution in [0.2, 0.25) is 0 Å². The molecule has 0 unspecified atom stereocenters. The van der Waals surface area contributed by atoms with Crippen molar-refractivity contribution in [3.63, 3.8) is 0 Å². The van der Waals surface area contributed by atoms with Gasteiger partial charge >= 0.3 is 0 Å². The van der Waals surface area contributed by atoms with Gasteiger partial charge in [0.2, 0.25) is 0 Å². The molecular formula is C14H10O2. The minimum absolute atomic E-state index is 0.118. The standard InChI is InChI=1S/C14H10O2/c15-14-11(9-12-5-3-7-16-12)8-10-4-1-2-6-13(10)14/h1-7,9H,8H2/b11-9+. The van der Waals surface area contributed by atoms with Gasteiger partial charge in [-0.05, 0) is 23.8 Å². The van der Waals surface area contributed by atoms with Crippen LogP contribution in [0.4, 0.5) is 0 Å². The summed E-state index contributed by atoms with van der Waals surface area (Å²) < 4.78 is 5.21. The maximum Gasteiger partial charge on any atom is 0.189 e. The molecule has 0 atom stereocenters. The number of fused-ring (bicyclic) bond motifs is 1. The molecule has 0 fully saturated rings. The van der Waals surface area contributed by atoms with E-state index in [-0.39, 0.29) is 5.78 Å². The van der Waals surface area contributed by atoms with Crippen LogP contribution in [-0.2, 0) is 6.42 Å². The third-order valence-corrected chi connectivity index (χ3v) is 2.79. The molecule has 0 radical (unpaired) electrons. The second-order valence-corrected chi connectivity index (χ2v) is 3.85. The number of rotatable bonds is 1. The third kappa shape index (κ3) is 1.39. The topological polar surface area (TPSA) is 30.2 Å². The Kier molecular flexibility index (Phi) is 2.00. The number of allylic oxidation sites excluding steroid dienone is 1. The average Bonchev–Trinajstić information content (AvgIpc) is 2.90. The maximum absolute atomic E-state index is 12.0. The van der Waals surface area contributed by atoms with Crippen LogP contribution in [0.15, 0.2) is 52.7 Å². The first-order chi connectivity index (χ1) is 7.84. The van der Waals surface area contributed by atoms with Gasteiger partial charge in [-0.15, -0.1) is 0 Å². The van der Waals surface area contributed by atoms with Gasteiger partial charge < -0.3 is 4.42 Å². The zero-order chi connectivity index (χ0) is 11.0. The Balaban J connectivity index is 2.02. The van der Waals surface area contributed by atoms with Crippen molar-refractivity contribution in [1.82, 2.24) is 0 Å². The Labute approximate surface area is 93.2 Å². The van der Waals surface area contributed by atoms with Crippen molar-refractivity contribution in [2.45, 2.75) is 6.42 Å². The molecule has 0 saturated carbocycles. The molecule has 2 heteroatoms. The lowest BCUT2D eigenvalue weighted by atomic mass is 10.1. The van der Waals surface area contributed by atoms with Gasteiger partial charge in [0, 0.05) is 17.6 Å². The quantitative estimate of drug-likeness (QED) is 0.677. The predicted molar refractivity (Wildman–Crippen MR) is 61.2 cm³/mol. The van der Waals surface area contributed by atoms with Gasteiger partial charge in [0.05, 0.1) is 6.26 Å². The number of carbonyl (C=O) groups excluding carboxylic acids is 1. The number of carbonyl (C=O) groups is 1. The highest BCUT2D eigenvalue weighted by Gasteiger charge is 2.24. The molecule has 2 nitrogen and oxygen atoms in total. The first kappa shape index (κ1) is 9.16. The highest BCUT2D eigenvalue weighted by molar-refractivity contribution is 6.15. The van der Waals surface area contributed by atoms with Crippen LogP contribution < -0.4 is 0 Å². The number of hydrogen-bond acceptors (Lipinski definition) is 2. The van der Waals surface area contributed by atoms with Crippen molar-refractivity contribution in [2.75, 3.05) is 0 Å². The summed E-state index contributed by atoms with van der Waals surface area (Å²) in [7, 11) is 0. The van der Waals surface area contributed by atoms with E-state index >= 15 is 0 Å². The third-order valence-electron chi connectivity index (χ3n) is 2.79. The second kappa shape index (κ2) is 3.49. The molecule has 78 valence electrons. The van der Waals surface area contributed by atoms with E-state index in [0.29, 0.717) is 6.42 Å². The number of Topliss-reactive ketones (excluding diaryl/α,β-unsaturated/α-hetero) is 1. The molecule has 1 aromatic heterocycles. The minimum atomic E-state index is 0.118. The zero-order valence-electron chi connectivity index (χ0n) is 8.64. The molecule has 0 spiro atoms. The van der Waals surface area contributed by atoms with E-state index in [1.165, 1.54) is 0 Å². The van der Waals surface area contributed by atoms with Gasteiger partial charge in [0.25, 0.3) is 0 Å². The smallest absolute Gasteiger partial charge is 0.189 e. The Morgan fingerprint density at radius 2 is 2.00 bits per heavy atom. The first-order valence-corrected chi connectivity index (χ1v) is 5.21. The molecule has 1 aromatic carbocycles. The minimum Gasteiger partial charge on any atom is -0.465 e.